The summed E-state index contributed by atoms with van der Waals surface area (Å²) in [5.74, 6) is 1.20. The van der Waals surface area contributed by atoms with Gasteiger partial charge in [0.25, 0.3) is 0 Å². The number of hydrogen-bond acceptors (Lipinski definition) is 5. The topological polar surface area (TPSA) is 63.9 Å². The predicted octanol–water partition coefficient (Wildman–Crippen LogP) is 2.87. The number of hydrogen-bond donors (Lipinski definition) is 1. The highest BCUT2D eigenvalue weighted by Gasteiger charge is 2.08. The molecule has 5 heteroatoms. The van der Waals surface area contributed by atoms with Crippen molar-refractivity contribution in [3.63, 3.8) is 0 Å². The van der Waals surface area contributed by atoms with Crippen molar-refractivity contribution in [1.82, 2.24) is 4.98 Å². The SMILES string of the molecule is COc1cc(/C(C)=N/O)ccc1OCc1ccccn1. The molecule has 104 valence electrons. The van der Waals surface area contributed by atoms with Gasteiger partial charge in [0.1, 0.15) is 6.61 Å². The van der Waals surface area contributed by atoms with Gasteiger partial charge in [0.2, 0.25) is 0 Å². The molecule has 2 rings (SSSR count). The van der Waals surface area contributed by atoms with Gasteiger partial charge in [-0.15, -0.1) is 0 Å². The molecular formula is C15H16N2O3. The third kappa shape index (κ3) is 3.26. The highest BCUT2D eigenvalue weighted by atomic mass is 16.5. The molecule has 2 aromatic rings. The number of ether oxygens (including phenoxy) is 2. The fourth-order valence-corrected chi connectivity index (χ4v) is 1.70. The largest absolute Gasteiger partial charge is 0.493 e. The van der Waals surface area contributed by atoms with Gasteiger partial charge in [-0.3, -0.25) is 4.98 Å². The molecule has 0 bridgehead atoms. The Morgan fingerprint density at radius 2 is 2.10 bits per heavy atom. The van der Waals surface area contributed by atoms with Gasteiger partial charge < -0.3 is 14.7 Å². The summed E-state index contributed by atoms with van der Waals surface area (Å²) in [7, 11) is 1.57. The first-order valence-electron chi connectivity index (χ1n) is 6.14. The lowest BCUT2D eigenvalue weighted by molar-refractivity contribution is 0.280. The summed E-state index contributed by atoms with van der Waals surface area (Å²) in [4.78, 5) is 4.19. The molecule has 0 aliphatic rings. The second-order valence-electron chi connectivity index (χ2n) is 4.16. The zero-order valence-corrected chi connectivity index (χ0v) is 11.4. The maximum absolute atomic E-state index is 8.78. The van der Waals surface area contributed by atoms with Gasteiger partial charge in [-0.25, -0.2) is 0 Å². The molecule has 1 heterocycles. The van der Waals surface area contributed by atoms with Crippen LogP contribution in [-0.2, 0) is 6.61 Å². The Hall–Kier alpha value is -2.56. The molecule has 0 aliphatic heterocycles. The molecule has 0 radical (unpaired) electrons. The minimum absolute atomic E-state index is 0.365. The van der Waals surface area contributed by atoms with E-state index >= 15 is 0 Å². The van der Waals surface area contributed by atoms with Crippen molar-refractivity contribution in [2.75, 3.05) is 7.11 Å². The maximum atomic E-state index is 8.78. The molecule has 0 unspecified atom stereocenters. The van der Waals surface area contributed by atoms with Gasteiger partial charge in [-0.05, 0) is 37.3 Å². The average Bonchev–Trinajstić information content (AvgIpc) is 2.53. The molecule has 5 nitrogen and oxygen atoms in total. The van der Waals surface area contributed by atoms with Crippen molar-refractivity contribution in [3.8, 4) is 11.5 Å². The average molecular weight is 272 g/mol. The van der Waals surface area contributed by atoms with E-state index in [-0.39, 0.29) is 0 Å². The molecule has 0 amide bonds. The summed E-state index contributed by atoms with van der Waals surface area (Å²) < 4.78 is 11.0. The summed E-state index contributed by atoms with van der Waals surface area (Å²) >= 11 is 0. The molecule has 1 aromatic heterocycles. The summed E-state index contributed by atoms with van der Waals surface area (Å²) in [6, 6.07) is 11.0. The Morgan fingerprint density at radius 3 is 2.75 bits per heavy atom. The van der Waals surface area contributed by atoms with Crippen LogP contribution >= 0.6 is 0 Å². The lowest BCUT2D eigenvalue weighted by Crippen LogP contribution is -2.01. The third-order valence-electron chi connectivity index (χ3n) is 2.83. The Kier molecular flexibility index (Phi) is 4.55. The smallest absolute Gasteiger partial charge is 0.161 e. The Morgan fingerprint density at radius 1 is 1.25 bits per heavy atom. The van der Waals surface area contributed by atoms with Crippen molar-refractivity contribution < 1.29 is 14.7 Å². The summed E-state index contributed by atoms with van der Waals surface area (Å²) in [5.41, 5.74) is 2.13. The van der Waals surface area contributed by atoms with Gasteiger partial charge in [0.15, 0.2) is 11.5 Å². The van der Waals surface area contributed by atoms with E-state index in [0.29, 0.717) is 23.8 Å². The van der Waals surface area contributed by atoms with E-state index in [1.165, 1.54) is 0 Å². The van der Waals surface area contributed by atoms with E-state index in [1.807, 2.05) is 24.3 Å². The zero-order chi connectivity index (χ0) is 14.4. The fraction of sp³-hybridized carbons (Fsp3) is 0.200. The van der Waals surface area contributed by atoms with Gasteiger partial charge >= 0.3 is 0 Å². The number of pyridine rings is 1. The van der Waals surface area contributed by atoms with Crippen LogP contribution in [0.15, 0.2) is 47.8 Å². The van der Waals surface area contributed by atoms with E-state index in [4.69, 9.17) is 14.7 Å². The molecule has 0 saturated carbocycles. The Balaban J connectivity index is 2.16. The second kappa shape index (κ2) is 6.56. The standard InChI is InChI=1S/C15H16N2O3/c1-11(17-18)12-6-7-14(15(9-12)19-2)20-10-13-5-3-4-8-16-13/h3-9,18H,10H2,1-2H3/b17-11+. The van der Waals surface area contributed by atoms with Crippen LogP contribution in [0.5, 0.6) is 11.5 Å². The summed E-state index contributed by atoms with van der Waals surface area (Å²) in [6.45, 7) is 2.08. The van der Waals surface area contributed by atoms with Crippen LogP contribution in [0.1, 0.15) is 18.2 Å². The molecule has 0 aliphatic carbocycles. The highest BCUT2D eigenvalue weighted by molar-refractivity contribution is 5.98. The quantitative estimate of drug-likeness (QED) is 0.516. The first-order chi connectivity index (χ1) is 9.74. The number of benzene rings is 1. The van der Waals surface area contributed by atoms with E-state index < -0.39 is 0 Å². The van der Waals surface area contributed by atoms with Crippen molar-refractivity contribution in [2.45, 2.75) is 13.5 Å². The lowest BCUT2D eigenvalue weighted by Gasteiger charge is -2.11. The molecule has 0 atom stereocenters. The van der Waals surface area contributed by atoms with Crippen LogP contribution in [0.3, 0.4) is 0 Å². The molecule has 1 N–H and O–H groups in total. The number of aromatic nitrogens is 1. The lowest BCUT2D eigenvalue weighted by atomic mass is 10.1. The fourth-order valence-electron chi connectivity index (χ4n) is 1.70. The second-order valence-corrected chi connectivity index (χ2v) is 4.16. The van der Waals surface area contributed by atoms with Gasteiger partial charge in [-0.2, -0.15) is 0 Å². The number of rotatable bonds is 5. The molecule has 1 aromatic carbocycles. The molecule has 0 fully saturated rings. The van der Waals surface area contributed by atoms with Crippen LogP contribution in [0.2, 0.25) is 0 Å². The Labute approximate surface area is 117 Å². The first kappa shape index (κ1) is 13.9. The van der Waals surface area contributed by atoms with Gasteiger partial charge in [0.05, 0.1) is 18.5 Å². The number of oxime groups is 1. The van der Waals surface area contributed by atoms with Crippen molar-refractivity contribution in [2.24, 2.45) is 5.16 Å². The molecule has 0 saturated heterocycles. The predicted molar refractivity (Wildman–Crippen MR) is 75.6 cm³/mol. The number of methoxy groups -OCH3 is 1. The van der Waals surface area contributed by atoms with Gasteiger partial charge in [-0.1, -0.05) is 11.2 Å². The molecule has 20 heavy (non-hydrogen) atoms. The van der Waals surface area contributed by atoms with E-state index in [2.05, 4.69) is 10.1 Å². The zero-order valence-electron chi connectivity index (χ0n) is 11.4. The molecular weight excluding hydrogens is 256 g/mol. The van der Waals surface area contributed by atoms with Crippen molar-refractivity contribution in [3.05, 3.63) is 53.9 Å². The minimum Gasteiger partial charge on any atom is -0.493 e. The van der Waals surface area contributed by atoms with Crippen LogP contribution in [0.25, 0.3) is 0 Å². The van der Waals surface area contributed by atoms with E-state index in [0.717, 1.165) is 11.3 Å². The summed E-state index contributed by atoms with van der Waals surface area (Å²) in [5, 5.41) is 11.9. The van der Waals surface area contributed by atoms with Crippen LogP contribution in [0.4, 0.5) is 0 Å². The highest BCUT2D eigenvalue weighted by Crippen LogP contribution is 2.28. The van der Waals surface area contributed by atoms with Crippen LogP contribution < -0.4 is 9.47 Å². The minimum atomic E-state index is 0.365. The van der Waals surface area contributed by atoms with E-state index in [9.17, 15) is 0 Å². The van der Waals surface area contributed by atoms with Crippen LogP contribution in [-0.4, -0.2) is 23.0 Å². The Bertz CT molecular complexity index is 597. The first-order valence-corrected chi connectivity index (χ1v) is 6.14. The summed E-state index contributed by atoms with van der Waals surface area (Å²) in [6.07, 6.45) is 1.72. The van der Waals surface area contributed by atoms with E-state index in [1.54, 1.807) is 32.4 Å². The maximum Gasteiger partial charge on any atom is 0.161 e. The normalized spacial score (nSPS) is 11.2. The third-order valence-corrected chi connectivity index (χ3v) is 2.83. The van der Waals surface area contributed by atoms with Crippen molar-refractivity contribution >= 4 is 5.71 Å². The van der Waals surface area contributed by atoms with Crippen molar-refractivity contribution in [1.29, 1.82) is 0 Å². The number of nitrogens with zero attached hydrogens (tertiary/aromatic N) is 2. The molecule has 0 spiro atoms. The van der Waals surface area contributed by atoms with Crippen LogP contribution in [0, 0.1) is 0 Å². The van der Waals surface area contributed by atoms with Gasteiger partial charge in [0, 0.05) is 11.8 Å². The monoisotopic (exact) mass is 272 g/mol.